The molecule has 5 rings (SSSR count). The Morgan fingerprint density at radius 3 is 2.46 bits per heavy atom. The summed E-state index contributed by atoms with van der Waals surface area (Å²) in [7, 11) is 0. The number of carbonyl (C=O) groups is 1. The molecule has 7 nitrogen and oxygen atoms in total. The van der Waals surface area contributed by atoms with Gasteiger partial charge in [-0.25, -0.2) is 9.37 Å². The Kier molecular flexibility index (Phi) is 7.41. The van der Waals surface area contributed by atoms with Crippen LogP contribution in [0.3, 0.4) is 0 Å². The van der Waals surface area contributed by atoms with Crippen LogP contribution in [-0.4, -0.2) is 38.7 Å². The van der Waals surface area contributed by atoms with E-state index >= 15 is 0 Å². The predicted molar refractivity (Wildman–Crippen MR) is 122 cm³/mol. The molecule has 210 valence electrons. The highest BCUT2D eigenvalue weighted by molar-refractivity contribution is 7.09. The minimum absolute atomic E-state index is 0.0246. The van der Waals surface area contributed by atoms with Crippen molar-refractivity contribution in [1.82, 2.24) is 19.7 Å². The summed E-state index contributed by atoms with van der Waals surface area (Å²) in [5.74, 6) is -1.18. The second-order valence-corrected chi connectivity index (χ2v) is 10.1. The Balaban J connectivity index is 1.19. The van der Waals surface area contributed by atoms with Crippen LogP contribution >= 0.6 is 11.3 Å². The number of hydrogen-bond donors (Lipinski definition) is 0. The molecule has 4 heterocycles. The van der Waals surface area contributed by atoms with Crippen LogP contribution in [0, 0.1) is 5.82 Å². The summed E-state index contributed by atoms with van der Waals surface area (Å²) >= 11 is 1.37. The summed E-state index contributed by atoms with van der Waals surface area (Å²) < 4.78 is 104. The number of halogens is 7. The van der Waals surface area contributed by atoms with Crippen molar-refractivity contribution in [1.29, 1.82) is 0 Å². The second-order valence-electron chi connectivity index (χ2n) is 9.17. The first-order chi connectivity index (χ1) is 18.4. The number of alkyl halides is 6. The summed E-state index contributed by atoms with van der Waals surface area (Å²) in [6.45, 7) is -0.397. The minimum Gasteiger partial charge on any atom is -0.342 e. The minimum atomic E-state index is -5.10. The number of aromatic nitrogens is 3. The van der Waals surface area contributed by atoms with Gasteiger partial charge in [0.15, 0.2) is 5.69 Å². The topological polar surface area (TPSA) is 69.5 Å². The van der Waals surface area contributed by atoms with Crippen LogP contribution in [-0.2, 0) is 46.4 Å². The van der Waals surface area contributed by atoms with Crippen LogP contribution in [0.25, 0.3) is 0 Å². The number of nitrogens with zero attached hydrogens (tertiary/aromatic N) is 4. The maximum Gasteiger partial charge on any atom is 0.435 e. The molecule has 2 aromatic heterocycles. The van der Waals surface area contributed by atoms with Crippen molar-refractivity contribution < 1.29 is 45.0 Å². The van der Waals surface area contributed by atoms with E-state index in [-0.39, 0.29) is 48.8 Å². The summed E-state index contributed by atoms with van der Waals surface area (Å²) in [6, 6.07) is 4.61. The molecule has 2 aliphatic heterocycles. The molecule has 1 fully saturated rings. The molecular weight excluding hydrogens is 557 g/mol. The summed E-state index contributed by atoms with van der Waals surface area (Å²) in [6.07, 6.45) is -10.1. The SMILES string of the molecule is O=C(Cn1nc(C(F)(F)F)cc1C(F)(F)F)N1CCC(c2nc(C3OCc4cccc(F)c4CO3)cs2)CC1. The third-order valence-corrected chi connectivity index (χ3v) is 7.63. The first kappa shape index (κ1) is 27.5. The molecule has 0 spiro atoms. The monoisotopic (exact) mass is 578 g/mol. The van der Waals surface area contributed by atoms with Crippen molar-refractivity contribution >= 4 is 17.2 Å². The van der Waals surface area contributed by atoms with E-state index in [0.29, 0.717) is 29.7 Å². The Hall–Kier alpha value is -3.04. The number of benzene rings is 1. The van der Waals surface area contributed by atoms with Gasteiger partial charge in [-0.3, -0.25) is 9.48 Å². The van der Waals surface area contributed by atoms with Crippen molar-refractivity contribution in [3.05, 3.63) is 68.7 Å². The molecule has 1 amide bonds. The molecule has 2 aliphatic rings. The van der Waals surface area contributed by atoms with E-state index in [0.717, 1.165) is 5.01 Å². The molecule has 1 unspecified atom stereocenters. The quantitative estimate of drug-likeness (QED) is 0.374. The molecule has 0 bridgehead atoms. The number of rotatable bonds is 4. The Labute approximate surface area is 221 Å². The molecule has 15 heteroatoms. The number of hydrogen-bond acceptors (Lipinski definition) is 6. The zero-order chi connectivity index (χ0) is 27.9. The molecule has 0 N–H and O–H groups in total. The smallest absolute Gasteiger partial charge is 0.342 e. The largest absolute Gasteiger partial charge is 0.435 e. The van der Waals surface area contributed by atoms with E-state index in [2.05, 4.69) is 10.1 Å². The number of amides is 1. The van der Waals surface area contributed by atoms with Crippen LogP contribution in [0.5, 0.6) is 0 Å². The van der Waals surface area contributed by atoms with Crippen LogP contribution in [0.4, 0.5) is 30.7 Å². The first-order valence-corrected chi connectivity index (χ1v) is 12.7. The van der Waals surface area contributed by atoms with Crippen molar-refractivity contribution in [3.8, 4) is 0 Å². The number of thiazole rings is 1. The molecule has 0 aliphatic carbocycles. The van der Waals surface area contributed by atoms with Gasteiger partial charge in [-0.2, -0.15) is 31.4 Å². The number of piperidine rings is 1. The van der Waals surface area contributed by atoms with Crippen molar-refractivity contribution in [2.75, 3.05) is 13.1 Å². The third-order valence-electron chi connectivity index (χ3n) is 6.61. The molecule has 1 saturated heterocycles. The van der Waals surface area contributed by atoms with Gasteiger partial charge >= 0.3 is 12.4 Å². The highest BCUT2D eigenvalue weighted by Gasteiger charge is 2.42. The van der Waals surface area contributed by atoms with Crippen molar-refractivity contribution in [2.45, 2.75) is 57.2 Å². The standard InChI is InChI=1S/C24H21F7N4O3S/c25-16-3-1-2-14-10-37-22(38-11-15(14)16)17-12-39-21(32-17)13-4-6-34(7-5-13)20(36)9-35-19(24(29,30)31)8-18(33-35)23(26,27)28/h1-3,8,12-13,22H,4-7,9-11H2. The van der Waals surface area contributed by atoms with Crippen molar-refractivity contribution in [2.24, 2.45) is 0 Å². The Morgan fingerprint density at radius 1 is 1.05 bits per heavy atom. The molecule has 39 heavy (non-hydrogen) atoms. The molecule has 1 aromatic carbocycles. The molecule has 3 aromatic rings. The molecule has 1 atom stereocenters. The maximum atomic E-state index is 14.1. The van der Waals surface area contributed by atoms with E-state index in [4.69, 9.17) is 9.47 Å². The van der Waals surface area contributed by atoms with Crippen LogP contribution in [0.1, 0.15) is 58.3 Å². The highest BCUT2D eigenvalue weighted by Crippen LogP contribution is 2.36. The fourth-order valence-corrected chi connectivity index (χ4v) is 5.54. The van der Waals surface area contributed by atoms with Gasteiger partial charge in [0, 0.05) is 36.0 Å². The molecular formula is C24H21F7N4O3S. The van der Waals surface area contributed by atoms with Crippen LogP contribution < -0.4 is 0 Å². The van der Waals surface area contributed by atoms with E-state index < -0.39 is 42.5 Å². The summed E-state index contributed by atoms with van der Waals surface area (Å²) in [5, 5.41) is 5.53. The number of carbonyl (C=O) groups excluding carboxylic acids is 1. The average molecular weight is 579 g/mol. The lowest BCUT2D eigenvalue weighted by molar-refractivity contribution is -0.155. The molecule has 0 radical (unpaired) electrons. The van der Waals surface area contributed by atoms with E-state index in [1.54, 1.807) is 17.5 Å². The van der Waals surface area contributed by atoms with Gasteiger partial charge in [0.25, 0.3) is 0 Å². The lowest BCUT2D eigenvalue weighted by Gasteiger charge is -2.31. The predicted octanol–water partition coefficient (Wildman–Crippen LogP) is 5.67. The normalized spacial score (nSPS) is 19.2. The van der Waals surface area contributed by atoms with Gasteiger partial charge in [0.05, 0.1) is 18.2 Å². The lowest BCUT2D eigenvalue weighted by Crippen LogP contribution is -2.40. The third kappa shape index (κ3) is 5.94. The van der Waals surface area contributed by atoms with E-state index in [1.807, 2.05) is 0 Å². The van der Waals surface area contributed by atoms with Gasteiger partial charge in [-0.1, -0.05) is 12.1 Å². The summed E-state index contributed by atoms with van der Waals surface area (Å²) in [4.78, 5) is 18.6. The lowest BCUT2D eigenvalue weighted by atomic mass is 9.97. The van der Waals surface area contributed by atoms with Gasteiger partial charge < -0.3 is 14.4 Å². The first-order valence-electron chi connectivity index (χ1n) is 11.8. The molecule has 0 saturated carbocycles. The zero-order valence-corrected chi connectivity index (χ0v) is 20.9. The number of likely N-dealkylation sites (tertiary alicyclic amines) is 1. The average Bonchev–Trinajstić information content (AvgIpc) is 3.48. The maximum absolute atomic E-state index is 14.1. The Bertz CT molecular complexity index is 1350. The van der Waals surface area contributed by atoms with Gasteiger partial charge in [0.1, 0.15) is 23.7 Å². The second kappa shape index (κ2) is 10.5. The van der Waals surface area contributed by atoms with E-state index in [9.17, 15) is 35.5 Å². The fourth-order valence-electron chi connectivity index (χ4n) is 4.55. The van der Waals surface area contributed by atoms with Crippen molar-refractivity contribution in [3.63, 3.8) is 0 Å². The fraction of sp³-hybridized carbons (Fsp3) is 0.458. The van der Waals surface area contributed by atoms with Gasteiger partial charge in [-0.05, 0) is 24.5 Å². The summed E-state index contributed by atoms with van der Waals surface area (Å²) in [5.41, 5.74) is -1.70. The van der Waals surface area contributed by atoms with Crippen LogP contribution in [0.2, 0.25) is 0 Å². The van der Waals surface area contributed by atoms with E-state index in [1.165, 1.54) is 22.3 Å². The van der Waals surface area contributed by atoms with Gasteiger partial charge in [0.2, 0.25) is 12.2 Å². The number of fused-ring (bicyclic) bond motifs is 1. The number of ether oxygens (including phenoxy) is 2. The zero-order valence-electron chi connectivity index (χ0n) is 20.1. The highest BCUT2D eigenvalue weighted by atomic mass is 32.1. The van der Waals surface area contributed by atoms with Crippen LogP contribution in [0.15, 0.2) is 29.6 Å². The van der Waals surface area contributed by atoms with Gasteiger partial charge in [-0.15, -0.1) is 11.3 Å². The Morgan fingerprint density at radius 2 is 1.77 bits per heavy atom.